The molecular weight excluding hydrogens is 318 g/mol. The maximum atomic E-state index is 13.3. The van der Waals surface area contributed by atoms with Crippen molar-refractivity contribution < 1.29 is 19.4 Å². The molecule has 1 aromatic rings. The third-order valence-corrected chi connectivity index (χ3v) is 5.53. The molecule has 3 aliphatic rings. The van der Waals surface area contributed by atoms with E-state index in [1.54, 1.807) is 11.0 Å². The molecular formula is C20H21NO4. The highest BCUT2D eigenvalue weighted by Gasteiger charge is 2.71. The van der Waals surface area contributed by atoms with E-state index in [9.17, 15) is 14.7 Å². The van der Waals surface area contributed by atoms with Crippen LogP contribution in [0.5, 0.6) is 0 Å². The van der Waals surface area contributed by atoms with Gasteiger partial charge in [0.05, 0.1) is 18.1 Å². The number of ether oxygens (including phenoxy) is 1. The van der Waals surface area contributed by atoms with Crippen LogP contribution in [0.25, 0.3) is 0 Å². The first-order chi connectivity index (χ1) is 11.8. The summed E-state index contributed by atoms with van der Waals surface area (Å²) in [6.07, 6.45) is 3.75. The van der Waals surface area contributed by atoms with Crippen LogP contribution in [0.1, 0.15) is 18.9 Å². The maximum absolute atomic E-state index is 13.3. The van der Waals surface area contributed by atoms with E-state index in [4.69, 9.17) is 4.74 Å². The number of hydrogen-bond acceptors (Lipinski definition) is 3. The van der Waals surface area contributed by atoms with E-state index in [0.717, 1.165) is 16.8 Å². The molecule has 5 atom stereocenters. The Morgan fingerprint density at radius 2 is 2.20 bits per heavy atom. The number of anilines is 1. The SMILES string of the molecule is C=C(C)CC1N(c2cccc(C)c2)C(=O)C2C(C(=O)O)[C@@H]3C=C[C@@]21O3. The highest BCUT2D eigenvalue weighted by molar-refractivity contribution is 6.03. The van der Waals surface area contributed by atoms with E-state index in [2.05, 4.69) is 6.58 Å². The minimum absolute atomic E-state index is 0.170. The zero-order chi connectivity index (χ0) is 17.9. The molecule has 5 nitrogen and oxygen atoms in total. The van der Waals surface area contributed by atoms with Gasteiger partial charge in [0.2, 0.25) is 5.91 Å². The van der Waals surface area contributed by atoms with Crippen molar-refractivity contribution in [3.63, 3.8) is 0 Å². The zero-order valence-electron chi connectivity index (χ0n) is 14.3. The van der Waals surface area contributed by atoms with Gasteiger partial charge >= 0.3 is 5.97 Å². The largest absolute Gasteiger partial charge is 0.481 e. The average Bonchev–Trinajstić information content (AvgIpc) is 3.16. The van der Waals surface area contributed by atoms with E-state index in [-0.39, 0.29) is 11.9 Å². The van der Waals surface area contributed by atoms with Gasteiger partial charge in [0.25, 0.3) is 0 Å². The topological polar surface area (TPSA) is 66.8 Å². The van der Waals surface area contributed by atoms with Crippen LogP contribution in [-0.4, -0.2) is 34.7 Å². The third kappa shape index (κ3) is 2.12. The van der Waals surface area contributed by atoms with Crippen molar-refractivity contribution in [3.05, 3.63) is 54.1 Å². The quantitative estimate of drug-likeness (QED) is 0.857. The first kappa shape index (κ1) is 16.1. The van der Waals surface area contributed by atoms with Gasteiger partial charge in [-0.05, 0) is 38.0 Å². The molecule has 1 N–H and O–H groups in total. The van der Waals surface area contributed by atoms with Crippen LogP contribution >= 0.6 is 0 Å². The smallest absolute Gasteiger partial charge is 0.310 e. The number of benzene rings is 1. The van der Waals surface area contributed by atoms with Crippen LogP contribution < -0.4 is 4.90 Å². The Morgan fingerprint density at radius 1 is 1.44 bits per heavy atom. The van der Waals surface area contributed by atoms with Gasteiger partial charge in [-0.2, -0.15) is 0 Å². The molecule has 3 heterocycles. The second-order valence-corrected chi connectivity index (χ2v) is 7.36. The Kier molecular flexibility index (Phi) is 3.41. The zero-order valence-corrected chi connectivity index (χ0v) is 14.3. The maximum Gasteiger partial charge on any atom is 0.310 e. The lowest BCUT2D eigenvalue weighted by Crippen LogP contribution is -2.45. The van der Waals surface area contributed by atoms with E-state index in [1.807, 2.05) is 44.2 Å². The van der Waals surface area contributed by atoms with Crippen LogP contribution in [0.15, 0.2) is 48.6 Å². The summed E-state index contributed by atoms with van der Waals surface area (Å²) in [6.45, 7) is 7.89. The number of fused-ring (bicyclic) bond motifs is 1. The molecule has 0 radical (unpaired) electrons. The number of aryl methyl sites for hydroxylation is 1. The van der Waals surface area contributed by atoms with Gasteiger partial charge in [-0.15, -0.1) is 6.58 Å². The molecule has 3 aliphatic heterocycles. The van der Waals surface area contributed by atoms with Crippen molar-refractivity contribution in [3.8, 4) is 0 Å². The Balaban J connectivity index is 1.85. The molecule has 130 valence electrons. The highest BCUT2D eigenvalue weighted by atomic mass is 16.5. The third-order valence-electron chi connectivity index (χ3n) is 5.53. The Hall–Kier alpha value is -2.40. The fourth-order valence-corrected chi connectivity index (χ4v) is 4.60. The van der Waals surface area contributed by atoms with Crippen LogP contribution in [0.4, 0.5) is 5.69 Å². The number of carboxylic acid groups (broad SMARTS) is 1. The number of amides is 1. The summed E-state index contributed by atoms with van der Waals surface area (Å²) in [7, 11) is 0. The number of rotatable bonds is 4. The normalized spacial score (nSPS) is 35.3. The predicted molar refractivity (Wildman–Crippen MR) is 93.2 cm³/mol. The summed E-state index contributed by atoms with van der Waals surface area (Å²) in [4.78, 5) is 26.8. The fraction of sp³-hybridized carbons (Fsp3) is 0.400. The van der Waals surface area contributed by atoms with Crippen molar-refractivity contribution in [2.45, 2.75) is 38.0 Å². The first-order valence-corrected chi connectivity index (χ1v) is 8.49. The van der Waals surface area contributed by atoms with Gasteiger partial charge in [-0.3, -0.25) is 9.59 Å². The number of aliphatic carboxylic acids is 1. The van der Waals surface area contributed by atoms with Crippen LogP contribution in [0.3, 0.4) is 0 Å². The van der Waals surface area contributed by atoms with Crippen molar-refractivity contribution in [2.75, 3.05) is 4.90 Å². The predicted octanol–water partition coefficient (Wildman–Crippen LogP) is 2.70. The van der Waals surface area contributed by atoms with E-state index in [0.29, 0.717) is 6.42 Å². The second kappa shape index (κ2) is 5.30. The van der Waals surface area contributed by atoms with Gasteiger partial charge in [0, 0.05) is 5.69 Å². The number of nitrogens with zero attached hydrogens (tertiary/aromatic N) is 1. The monoisotopic (exact) mass is 339 g/mol. The van der Waals surface area contributed by atoms with Crippen molar-refractivity contribution in [2.24, 2.45) is 11.8 Å². The van der Waals surface area contributed by atoms with Crippen LogP contribution in [-0.2, 0) is 14.3 Å². The molecule has 4 rings (SSSR count). The molecule has 1 spiro atoms. The number of carbonyl (C=O) groups is 2. The van der Waals surface area contributed by atoms with E-state index >= 15 is 0 Å². The number of hydrogen-bond donors (Lipinski definition) is 1. The first-order valence-electron chi connectivity index (χ1n) is 8.49. The molecule has 3 unspecified atom stereocenters. The summed E-state index contributed by atoms with van der Waals surface area (Å²) >= 11 is 0. The molecule has 0 saturated carbocycles. The van der Waals surface area contributed by atoms with Gasteiger partial charge in [0.15, 0.2) is 0 Å². The summed E-state index contributed by atoms with van der Waals surface area (Å²) in [5, 5.41) is 9.66. The summed E-state index contributed by atoms with van der Waals surface area (Å²) in [5.74, 6) is -2.67. The summed E-state index contributed by atoms with van der Waals surface area (Å²) in [6, 6.07) is 7.44. The van der Waals surface area contributed by atoms with Crippen LogP contribution in [0, 0.1) is 18.8 Å². The van der Waals surface area contributed by atoms with E-state index in [1.165, 1.54) is 0 Å². The van der Waals surface area contributed by atoms with E-state index < -0.39 is 29.5 Å². The molecule has 25 heavy (non-hydrogen) atoms. The van der Waals surface area contributed by atoms with Crippen molar-refractivity contribution in [1.29, 1.82) is 0 Å². The molecule has 1 amide bonds. The standard InChI is InChI=1S/C20H21NO4/c1-11(2)9-15-20-8-7-14(25-20)16(19(23)24)17(20)18(22)21(15)13-6-4-5-12(3)10-13/h4-8,10,14-17H,1,9H2,2-3H3,(H,23,24)/t14-,15?,16?,17?,20-/m0/s1. The van der Waals surface area contributed by atoms with Gasteiger partial charge in [0.1, 0.15) is 11.5 Å². The second-order valence-electron chi connectivity index (χ2n) is 7.36. The average molecular weight is 339 g/mol. The lowest BCUT2D eigenvalue weighted by molar-refractivity contribution is -0.146. The summed E-state index contributed by atoms with van der Waals surface area (Å²) < 4.78 is 6.13. The number of carboxylic acids is 1. The molecule has 2 saturated heterocycles. The minimum atomic E-state index is -0.977. The fourth-order valence-electron chi connectivity index (χ4n) is 4.60. The van der Waals surface area contributed by atoms with Gasteiger partial charge in [-0.1, -0.05) is 29.9 Å². The Morgan fingerprint density at radius 3 is 2.84 bits per heavy atom. The van der Waals surface area contributed by atoms with Crippen molar-refractivity contribution >= 4 is 17.6 Å². The minimum Gasteiger partial charge on any atom is -0.481 e. The Labute approximate surface area is 146 Å². The molecule has 2 bridgehead atoms. The molecule has 1 aromatic carbocycles. The molecule has 2 fully saturated rings. The lowest BCUT2D eigenvalue weighted by atomic mass is 9.74. The molecule has 0 aromatic heterocycles. The molecule has 5 heteroatoms. The van der Waals surface area contributed by atoms with Crippen LogP contribution in [0.2, 0.25) is 0 Å². The van der Waals surface area contributed by atoms with Gasteiger partial charge in [-0.25, -0.2) is 0 Å². The summed E-state index contributed by atoms with van der Waals surface area (Å²) in [5.41, 5.74) is 1.88. The van der Waals surface area contributed by atoms with Gasteiger partial charge < -0.3 is 14.7 Å². The Bertz CT molecular complexity index is 814. The highest BCUT2D eigenvalue weighted by Crippen LogP contribution is 2.56. The lowest BCUT2D eigenvalue weighted by Gasteiger charge is -2.33. The van der Waals surface area contributed by atoms with Crippen molar-refractivity contribution in [1.82, 2.24) is 0 Å². The molecule has 0 aliphatic carbocycles. The number of carbonyl (C=O) groups excluding carboxylic acids is 1.